The van der Waals surface area contributed by atoms with Gasteiger partial charge in [0.05, 0.1) is 11.6 Å². The molecule has 0 saturated carbocycles. The number of carbonyl (C=O) groups excluding carboxylic acids is 1. The largest absolute Gasteiger partial charge is 0.387 e. The van der Waals surface area contributed by atoms with Gasteiger partial charge in [-0.15, -0.1) is 0 Å². The van der Waals surface area contributed by atoms with Gasteiger partial charge in [0.15, 0.2) is 5.78 Å². The summed E-state index contributed by atoms with van der Waals surface area (Å²) in [6, 6.07) is 9.42. The predicted molar refractivity (Wildman–Crippen MR) is 63.2 cm³/mol. The minimum absolute atomic E-state index is 0.0314. The second kappa shape index (κ2) is 4.10. The molecule has 16 heavy (non-hydrogen) atoms. The number of aliphatic hydroxyl groups is 1. The van der Waals surface area contributed by atoms with Crippen molar-refractivity contribution in [3.63, 3.8) is 0 Å². The molecule has 3 heteroatoms. The van der Waals surface area contributed by atoms with Crippen molar-refractivity contribution in [2.45, 2.75) is 25.0 Å². The lowest BCUT2D eigenvalue weighted by Crippen LogP contribution is -2.46. The summed E-state index contributed by atoms with van der Waals surface area (Å²) in [6.45, 7) is 1.68. The minimum Gasteiger partial charge on any atom is -0.387 e. The van der Waals surface area contributed by atoms with E-state index < -0.39 is 5.60 Å². The molecule has 0 aliphatic heterocycles. The topological polar surface area (TPSA) is 49.3 Å². The van der Waals surface area contributed by atoms with E-state index in [0.717, 1.165) is 5.69 Å². The van der Waals surface area contributed by atoms with Crippen molar-refractivity contribution in [2.24, 2.45) is 0 Å². The molecule has 0 radical (unpaired) electrons. The molecular weight excluding hydrogens is 202 g/mol. The van der Waals surface area contributed by atoms with Gasteiger partial charge < -0.3 is 10.4 Å². The molecule has 1 aliphatic carbocycles. The predicted octanol–water partition coefficient (Wildman–Crippen LogP) is 1.75. The van der Waals surface area contributed by atoms with Crippen molar-refractivity contribution in [1.29, 1.82) is 0 Å². The molecule has 0 amide bonds. The van der Waals surface area contributed by atoms with Crippen LogP contribution in [-0.4, -0.2) is 22.5 Å². The molecule has 2 N–H and O–H groups in total. The lowest BCUT2D eigenvalue weighted by Gasteiger charge is -2.34. The highest BCUT2D eigenvalue weighted by atomic mass is 16.3. The summed E-state index contributed by atoms with van der Waals surface area (Å²) in [5, 5.41) is 13.3. The van der Waals surface area contributed by atoms with Crippen LogP contribution in [0.15, 0.2) is 42.5 Å². The van der Waals surface area contributed by atoms with Crippen LogP contribution in [0.5, 0.6) is 0 Å². The number of allylic oxidation sites excluding steroid dienone is 1. The third kappa shape index (κ3) is 2.31. The molecule has 0 aromatic heterocycles. The molecule has 1 aromatic rings. The molecule has 2 rings (SSSR count). The van der Waals surface area contributed by atoms with Gasteiger partial charge in [0, 0.05) is 12.1 Å². The second-order valence-corrected chi connectivity index (χ2v) is 4.35. The van der Waals surface area contributed by atoms with Gasteiger partial charge in [-0.3, -0.25) is 4.79 Å². The molecule has 2 atom stereocenters. The number of hydrogen-bond acceptors (Lipinski definition) is 3. The van der Waals surface area contributed by atoms with Crippen molar-refractivity contribution < 1.29 is 9.90 Å². The Hall–Kier alpha value is -1.61. The van der Waals surface area contributed by atoms with Crippen molar-refractivity contribution in [1.82, 2.24) is 0 Å². The van der Waals surface area contributed by atoms with E-state index in [1.165, 1.54) is 6.08 Å². The van der Waals surface area contributed by atoms with Crippen molar-refractivity contribution in [3.8, 4) is 0 Å². The van der Waals surface area contributed by atoms with Gasteiger partial charge in [-0.05, 0) is 25.1 Å². The Bertz CT molecular complexity index is 409. The first-order valence-electron chi connectivity index (χ1n) is 5.33. The molecule has 0 heterocycles. The number of nitrogens with one attached hydrogen (secondary N) is 1. The van der Waals surface area contributed by atoms with Crippen LogP contribution in [0.2, 0.25) is 0 Å². The summed E-state index contributed by atoms with van der Waals surface area (Å²) in [5.74, 6) is -0.0314. The molecule has 0 fully saturated rings. The van der Waals surface area contributed by atoms with E-state index in [2.05, 4.69) is 5.32 Å². The summed E-state index contributed by atoms with van der Waals surface area (Å²) in [5.41, 5.74) is -0.0893. The summed E-state index contributed by atoms with van der Waals surface area (Å²) in [6.07, 6.45) is 3.41. The first-order chi connectivity index (χ1) is 7.58. The van der Waals surface area contributed by atoms with Crippen LogP contribution in [0, 0.1) is 0 Å². The molecular formula is C13H15NO2. The average molecular weight is 217 g/mol. The van der Waals surface area contributed by atoms with E-state index in [0.29, 0.717) is 0 Å². The first kappa shape index (κ1) is 10.9. The lowest BCUT2D eigenvalue weighted by molar-refractivity contribution is -0.119. The zero-order valence-corrected chi connectivity index (χ0v) is 9.18. The Morgan fingerprint density at radius 3 is 2.69 bits per heavy atom. The fourth-order valence-corrected chi connectivity index (χ4v) is 1.85. The van der Waals surface area contributed by atoms with E-state index in [1.54, 1.807) is 13.0 Å². The van der Waals surface area contributed by atoms with E-state index in [4.69, 9.17) is 0 Å². The monoisotopic (exact) mass is 217 g/mol. The summed E-state index contributed by atoms with van der Waals surface area (Å²) >= 11 is 0. The molecule has 0 bridgehead atoms. The zero-order chi connectivity index (χ0) is 11.6. The second-order valence-electron chi connectivity index (χ2n) is 4.35. The number of carbonyl (C=O) groups is 1. The fourth-order valence-electron chi connectivity index (χ4n) is 1.85. The van der Waals surface area contributed by atoms with Crippen LogP contribution in [0.3, 0.4) is 0 Å². The molecule has 0 unspecified atom stereocenters. The van der Waals surface area contributed by atoms with E-state index in [-0.39, 0.29) is 18.2 Å². The zero-order valence-electron chi connectivity index (χ0n) is 9.18. The Morgan fingerprint density at radius 2 is 2.06 bits per heavy atom. The van der Waals surface area contributed by atoms with Gasteiger partial charge in [0.1, 0.15) is 0 Å². The summed E-state index contributed by atoms with van der Waals surface area (Å²) in [4.78, 5) is 11.2. The van der Waals surface area contributed by atoms with Gasteiger partial charge in [0.2, 0.25) is 0 Å². The highest BCUT2D eigenvalue weighted by Crippen LogP contribution is 2.24. The number of ketones is 1. The SMILES string of the molecule is C[C@]1(O)CC(=O)C=C[C@H]1Nc1ccccc1. The highest BCUT2D eigenvalue weighted by Gasteiger charge is 2.34. The third-order valence-electron chi connectivity index (χ3n) is 2.77. The van der Waals surface area contributed by atoms with E-state index in [9.17, 15) is 9.90 Å². The Kier molecular flexibility index (Phi) is 2.79. The van der Waals surface area contributed by atoms with Gasteiger partial charge in [-0.1, -0.05) is 24.3 Å². The number of rotatable bonds is 2. The van der Waals surface area contributed by atoms with Crippen LogP contribution in [0.25, 0.3) is 0 Å². The summed E-state index contributed by atoms with van der Waals surface area (Å²) in [7, 11) is 0. The van der Waals surface area contributed by atoms with Crippen LogP contribution < -0.4 is 5.32 Å². The highest BCUT2D eigenvalue weighted by molar-refractivity contribution is 5.92. The Morgan fingerprint density at radius 1 is 1.38 bits per heavy atom. The molecule has 1 aliphatic rings. The van der Waals surface area contributed by atoms with Crippen LogP contribution in [0.1, 0.15) is 13.3 Å². The van der Waals surface area contributed by atoms with E-state index in [1.807, 2.05) is 30.3 Å². The lowest BCUT2D eigenvalue weighted by atomic mass is 9.86. The number of hydrogen-bond donors (Lipinski definition) is 2. The number of benzene rings is 1. The summed E-state index contributed by atoms with van der Waals surface area (Å²) < 4.78 is 0. The van der Waals surface area contributed by atoms with Gasteiger partial charge in [0.25, 0.3) is 0 Å². The van der Waals surface area contributed by atoms with Crippen LogP contribution >= 0.6 is 0 Å². The maximum atomic E-state index is 11.2. The Labute approximate surface area is 94.8 Å². The maximum Gasteiger partial charge on any atom is 0.158 e. The minimum atomic E-state index is -1.03. The van der Waals surface area contributed by atoms with Gasteiger partial charge in [-0.25, -0.2) is 0 Å². The van der Waals surface area contributed by atoms with Crippen molar-refractivity contribution in [2.75, 3.05) is 5.32 Å². The number of para-hydroxylation sites is 1. The van der Waals surface area contributed by atoms with E-state index >= 15 is 0 Å². The smallest absolute Gasteiger partial charge is 0.158 e. The van der Waals surface area contributed by atoms with Gasteiger partial charge in [-0.2, -0.15) is 0 Å². The number of anilines is 1. The maximum absolute atomic E-state index is 11.2. The van der Waals surface area contributed by atoms with Crippen LogP contribution in [0.4, 0.5) is 5.69 Å². The third-order valence-corrected chi connectivity index (χ3v) is 2.77. The fraction of sp³-hybridized carbons (Fsp3) is 0.308. The molecule has 1 aromatic carbocycles. The molecule has 0 spiro atoms. The molecule has 3 nitrogen and oxygen atoms in total. The standard InChI is InChI=1S/C13H15NO2/c1-13(16)9-11(15)7-8-12(13)14-10-5-3-2-4-6-10/h2-8,12,14,16H,9H2,1H3/t12-,13+/m1/s1. The molecule has 84 valence electrons. The van der Waals surface area contributed by atoms with Crippen molar-refractivity contribution >= 4 is 11.5 Å². The van der Waals surface area contributed by atoms with Gasteiger partial charge >= 0.3 is 0 Å². The quantitative estimate of drug-likeness (QED) is 0.793. The Balaban J connectivity index is 2.16. The average Bonchev–Trinajstić information content (AvgIpc) is 2.23. The first-order valence-corrected chi connectivity index (χ1v) is 5.33. The normalized spacial score (nSPS) is 29.1. The van der Waals surface area contributed by atoms with Crippen molar-refractivity contribution in [3.05, 3.63) is 42.5 Å². The molecule has 0 saturated heterocycles. The van der Waals surface area contributed by atoms with Crippen LogP contribution in [-0.2, 0) is 4.79 Å².